The Bertz CT molecular complexity index is 463. The van der Waals surface area contributed by atoms with E-state index in [0.29, 0.717) is 18.3 Å². The third-order valence-corrected chi connectivity index (χ3v) is 3.98. The van der Waals surface area contributed by atoms with Crippen molar-refractivity contribution in [2.24, 2.45) is 11.7 Å². The van der Waals surface area contributed by atoms with Gasteiger partial charge >= 0.3 is 0 Å². The molecular weight excluding hydrogens is 256 g/mol. The van der Waals surface area contributed by atoms with Crippen LogP contribution < -0.4 is 11.1 Å². The Morgan fingerprint density at radius 2 is 2.05 bits per heavy atom. The maximum Gasteiger partial charge on any atom is 0.229 e. The zero-order chi connectivity index (χ0) is 14.8. The first-order valence-electron chi connectivity index (χ1n) is 7.34. The molecule has 3 N–H and O–H groups in total. The summed E-state index contributed by atoms with van der Waals surface area (Å²) in [7, 11) is 0. The Morgan fingerprint density at radius 1 is 1.40 bits per heavy atom. The van der Waals surface area contributed by atoms with Crippen molar-refractivity contribution >= 4 is 5.91 Å². The molecule has 6 nitrogen and oxygen atoms in total. The minimum absolute atomic E-state index is 0.0368. The molecule has 1 heterocycles. The number of amides is 1. The summed E-state index contributed by atoms with van der Waals surface area (Å²) in [5, 5.41) is 7.21. The van der Waals surface area contributed by atoms with Gasteiger partial charge < -0.3 is 15.6 Å². The van der Waals surface area contributed by atoms with E-state index in [1.54, 1.807) is 0 Å². The van der Waals surface area contributed by atoms with E-state index in [-0.39, 0.29) is 17.7 Å². The molecule has 0 aliphatic heterocycles. The van der Waals surface area contributed by atoms with Crippen molar-refractivity contribution in [1.29, 1.82) is 0 Å². The van der Waals surface area contributed by atoms with Crippen LogP contribution in [0.1, 0.15) is 64.1 Å². The summed E-state index contributed by atoms with van der Waals surface area (Å²) in [6.07, 6.45) is 3.83. The van der Waals surface area contributed by atoms with Crippen LogP contribution in [0.2, 0.25) is 0 Å². The number of carbonyl (C=O) groups is 1. The molecule has 1 atom stereocenters. The molecule has 0 aromatic carbocycles. The SMILES string of the molecule is CC(CN)C(=O)NC1(c2noc(C(C)C)n2)CCCC1. The van der Waals surface area contributed by atoms with Crippen molar-refractivity contribution in [3.8, 4) is 0 Å². The average molecular weight is 280 g/mol. The van der Waals surface area contributed by atoms with Crippen LogP contribution in [0.3, 0.4) is 0 Å². The summed E-state index contributed by atoms with van der Waals surface area (Å²) in [6.45, 7) is 6.18. The summed E-state index contributed by atoms with van der Waals surface area (Å²) in [6, 6.07) is 0. The maximum absolute atomic E-state index is 12.2. The van der Waals surface area contributed by atoms with Crippen LogP contribution in [0.15, 0.2) is 4.52 Å². The largest absolute Gasteiger partial charge is 0.343 e. The highest BCUT2D eigenvalue weighted by molar-refractivity contribution is 5.79. The Balaban J connectivity index is 2.22. The highest BCUT2D eigenvalue weighted by Crippen LogP contribution is 2.37. The molecule has 1 aromatic rings. The van der Waals surface area contributed by atoms with Gasteiger partial charge in [0, 0.05) is 18.4 Å². The quantitative estimate of drug-likeness (QED) is 0.855. The third kappa shape index (κ3) is 2.85. The normalized spacial score (nSPS) is 19.2. The number of rotatable bonds is 5. The van der Waals surface area contributed by atoms with Crippen molar-refractivity contribution in [2.45, 2.75) is 57.9 Å². The summed E-state index contributed by atoms with van der Waals surface area (Å²) in [5.74, 6) is 1.17. The summed E-state index contributed by atoms with van der Waals surface area (Å²) in [5.41, 5.74) is 5.09. The molecule has 0 bridgehead atoms. The van der Waals surface area contributed by atoms with Gasteiger partial charge in [-0.25, -0.2) is 0 Å². The molecule has 1 amide bonds. The minimum atomic E-state index is -0.475. The van der Waals surface area contributed by atoms with Gasteiger partial charge in [0.25, 0.3) is 0 Å². The lowest BCUT2D eigenvalue weighted by Crippen LogP contribution is -2.47. The molecule has 1 aliphatic carbocycles. The predicted octanol–water partition coefficient (Wildman–Crippen LogP) is 1.67. The average Bonchev–Trinajstić information content (AvgIpc) is 3.06. The lowest BCUT2D eigenvalue weighted by Gasteiger charge is -2.28. The first-order chi connectivity index (χ1) is 9.48. The molecule has 1 aromatic heterocycles. The molecule has 0 saturated heterocycles. The zero-order valence-corrected chi connectivity index (χ0v) is 12.5. The van der Waals surface area contributed by atoms with Gasteiger partial charge in [0.1, 0.15) is 5.54 Å². The number of hydrogen-bond donors (Lipinski definition) is 2. The van der Waals surface area contributed by atoms with Crippen molar-refractivity contribution < 1.29 is 9.32 Å². The first kappa shape index (κ1) is 15.0. The molecule has 1 aliphatic rings. The standard InChI is InChI=1S/C14H24N4O2/c1-9(2)12-16-13(18-20-12)14(6-4-5-7-14)17-11(19)10(3)8-15/h9-10H,4-8,15H2,1-3H3,(H,17,19). The van der Waals surface area contributed by atoms with E-state index >= 15 is 0 Å². The molecule has 1 unspecified atom stereocenters. The fourth-order valence-corrected chi connectivity index (χ4v) is 2.51. The fraction of sp³-hybridized carbons (Fsp3) is 0.786. The second-order valence-electron chi connectivity index (χ2n) is 6.03. The molecule has 6 heteroatoms. The zero-order valence-electron chi connectivity index (χ0n) is 12.5. The highest BCUT2D eigenvalue weighted by atomic mass is 16.5. The molecule has 2 rings (SSSR count). The van der Waals surface area contributed by atoms with Gasteiger partial charge in [-0.3, -0.25) is 4.79 Å². The van der Waals surface area contributed by atoms with Gasteiger partial charge in [-0.1, -0.05) is 38.8 Å². The minimum Gasteiger partial charge on any atom is -0.343 e. The topological polar surface area (TPSA) is 94.0 Å². The van der Waals surface area contributed by atoms with Crippen molar-refractivity contribution in [2.75, 3.05) is 6.54 Å². The van der Waals surface area contributed by atoms with Gasteiger partial charge in [0.15, 0.2) is 5.82 Å². The van der Waals surface area contributed by atoms with Gasteiger partial charge in [-0.2, -0.15) is 4.98 Å². The van der Waals surface area contributed by atoms with Gasteiger partial charge in [0.05, 0.1) is 0 Å². The number of nitrogens with zero attached hydrogens (tertiary/aromatic N) is 2. The smallest absolute Gasteiger partial charge is 0.229 e. The van der Waals surface area contributed by atoms with Crippen LogP contribution in [0.25, 0.3) is 0 Å². The Hall–Kier alpha value is -1.43. The molecule has 20 heavy (non-hydrogen) atoms. The van der Waals surface area contributed by atoms with Crippen LogP contribution in [-0.4, -0.2) is 22.6 Å². The number of nitrogens with two attached hydrogens (primary N) is 1. The summed E-state index contributed by atoms with van der Waals surface area (Å²) in [4.78, 5) is 16.7. The van der Waals surface area contributed by atoms with Crippen LogP contribution in [0.5, 0.6) is 0 Å². The van der Waals surface area contributed by atoms with Crippen LogP contribution >= 0.6 is 0 Å². The lowest BCUT2D eigenvalue weighted by atomic mass is 9.95. The van der Waals surface area contributed by atoms with Gasteiger partial charge in [-0.05, 0) is 12.8 Å². The monoisotopic (exact) mass is 280 g/mol. The Labute approximate surface area is 119 Å². The second kappa shape index (κ2) is 5.91. The van der Waals surface area contributed by atoms with E-state index < -0.39 is 5.54 Å². The van der Waals surface area contributed by atoms with E-state index in [9.17, 15) is 4.79 Å². The van der Waals surface area contributed by atoms with Gasteiger partial charge in [-0.15, -0.1) is 0 Å². The Morgan fingerprint density at radius 3 is 2.55 bits per heavy atom. The number of aromatic nitrogens is 2. The fourth-order valence-electron chi connectivity index (χ4n) is 2.51. The third-order valence-electron chi connectivity index (χ3n) is 3.98. The van der Waals surface area contributed by atoms with Crippen LogP contribution in [-0.2, 0) is 10.3 Å². The number of hydrogen-bond acceptors (Lipinski definition) is 5. The van der Waals surface area contributed by atoms with E-state index in [1.807, 2.05) is 20.8 Å². The number of nitrogens with one attached hydrogen (secondary N) is 1. The Kier molecular flexibility index (Phi) is 4.42. The lowest BCUT2D eigenvalue weighted by molar-refractivity contribution is -0.126. The van der Waals surface area contributed by atoms with Crippen LogP contribution in [0, 0.1) is 5.92 Å². The molecule has 0 spiro atoms. The molecule has 1 saturated carbocycles. The predicted molar refractivity (Wildman–Crippen MR) is 74.9 cm³/mol. The molecule has 0 radical (unpaired) electrons. The summed E-state index contributed by atoms with van der Waals surface area (Å²) >= 11 is 0. The molecule has 112 valence electrons. The maximum atomic E-state index is 12.2. The first-order valence-corrected chi connectivity index (χ1v) is 7.34. The molecule has 1 fully saturated rings. The molecular formula is C14H24N4O2. The van der Waals surface area contributed by atoms with Crippen LogP contribution in [0.4, 0.5) is 0 Å². The summed E-state index contributed by atoms with van der Waals surface area (Å²) < 4.78 is 5.29. The van der Waals surface area contributed by atoms with E-state index in [2.05, 4.69) is 15.5 Å². The van der Waals surface area contributed by atoms with Crippen molar-refractivity contribution in [3.05, 3.63) is 11.7 Å². The van der Waals surface area contributed by atoms with Gasteiger partial charge in [0.2, 0.25) is 11.8 Å². The highest BCUT2D eigenvalue weighted by Gasteiger charge is 2.42. The second-order valence-corrected chi connectivity index (χ2v) is 6.03. The van der Waals surface area contributed by atoms with E-state index in [1.165, 1.54) is 0 Å². The van der Waals surface area contributed by atoms with E-state index in [4.69, 9.17) is 10.3 Å². The van der Waals surface area contributed by atoms with Crippen molar-refractivity contribution in [1.82, 2.24) is 15.5 Å². The number of carbonyl (C=O) groups excluding carboxylic acids is 1. The van der Waals surface area contributed by atoms with E-state index in [0.717, 1.165) is 25.7 Å². The van der Waals surface area contributed by atoms with Crippen molar-refractivity contribution in [3.63, 3.8) is 0 Å².